The van der Waals surface area contributed by atoms with Crippen LogP contribution in [0.2, 0.25) is 0 Å². The summed E-state index contributed by atoms with van der Waals surface area (Å²) in [7, 11) is 1.62. The van der Waals surface area contributed by atoms with Crippen LogP contribution in [0.1, 0.15) is 32.3 Å². The van der Waals surface area contributed by atoms with E-state index in [0.29, 0.717) is 18.8 Å². The van der Waals surface area contributed by atoms with Crippen LogP contribution in [0.25, 0.3) is 0 Å². The molecule has 1 aromatic rings. The highest BCUT2D eigenvalue weighted by Crippen LogP contribution is 2.28. The molecule has 0 aliphatic rings. The minimum Gasteiger partial charge on any atom is -0.493 e. The van der Waals surface area contributed by atoms with Gasteiger partial charge in [0.25, 0.3) is 0 Å². The van der Waals surface area contributed by atoms with Crippen LogP contribution in [-0.2, 0) is 11.2 Å². The summed E-state index contributed by atoms with van der Waals surface area (Å²) in [4.78, 5) is 11.1. The lowest BCUT2D eigenvalue weighted by molar-refractivity contribution is -0.116. The zero-order chi connectivity index (χ0) is 12.7. The zero-order valence-electron chi connectivity index (χ0n) is 10.8. The van der Waals surface area contributed by atoms with Gasteiger partial charge in [-0.25, -0.2) is 0 Å². The van der Waals surface area contributed by atoms with Crippen molar-refractivity contribution in [2.45, 2.75) is 33.1 Å². The van der Waals surface area contributed by atoms with Crippen molar-refractivity contribution in [3.63, 3.8) is 0 Å². The minimum atomic E-state index is 0.148. The monoisotopic (exact) mass is 236 g/mol. The second-order valence-electron chi connectivity index (χ2n) is 4.07. The van der Waals surface area contributed by atoms with E-state index in [-0.39, 0.29) is 5.78 Å². The van der Waals surface area contributed by atoms with E-state index in [1.165, 1.54) is 0 Å². The molecule has 0 unspecified atom stereocenters. The molecule has 0 N–H and O–H groups in total. The van der Waals surface area contributed by atoms with Crippen LogP contribution < -0.4 is 9.47 Å². The van der Waals surface area contributed by atoms with Crippen molar-refractivity contribution in [2.24, 2.45) is 0 Å². The molecule has 1 aromatic carbocycles. The number of ketones is 1. The lowest BCUT2D eigenvalue weighted by Crippen LogP contribution is -2.01. The van der Waals surface area contributed by atoms with E-state index < -0.39 is 0 Å². The molecule has 0 saturated carbocycles. The number of rotatable bonds is 7. The van der Waals surface area contributed by atoms with Gasteiger partial charge in [0.15, 0.2) is 11.5 Å². The first-order valence-electron chi connectivity index (χ1n) is 5.96. The van der Waals surface area contributed by atoms with Crippen LogP contribution in [0.5, 0.6) is 11.5 Å². The molecule has 0 radical (unpaired) electrons. The van der Waals surface area contributed by atoms with Crippen molar-refractivity contribution in [1.82, 2.24) is 0 Å². The first-order valence-corrected chi connectivity index (χ1v) is 5.96. The molecule has 0 aliphatic heterocycles. The highest BCUT2D eigenvalue weighted by atomic mass is 16.5. The van der Waals surface area contributed by atoms with Crippen LogP contribution >= 0.6 is 0 Å². The topological polar surface area (TPSA) is 35.5 Å². The van der Waals surface area contributed by atoms with Crippen molar-refractivity contribution in [1.29, 1.82) is 0 Å². The van der Waals surface area contributed by atoms with E-state index in [2.05, 4.69) is 6.92 Å². The Labute approximate surface area is 103 Å². The maximum atomic E-state index is 11.1. The van der Waals surface area contributed by atoms with Crippen LogP contribution in [-0.4, -0.2) is 19.5 Å². The number of hydrogen-bond donors (Lipinski definition) is 0. The fourth-order valence-electron chi connectivity index (χ4n) is 1.56. The fraction of sp³-hybridized carbons (Fsp3) is 0.500. The van der Waals surface area contributed by atoms with E-state index in [1.807, 2.05) is 18.2 Å². The predicted octanol–water partition coefficient (Wildman–Crippen LogP) is 3.01. The number of Topliss-reactive ketones (excluding diaryl/α,β-unsaturated/α-hetero) is 1. The summed E-state index contributed by atoms with van der Waals surface area (Å²) in [5, 5.41) is 0. The number of methoxy groups -OCH3 is 1. The van der Waals surface area contributed by atoms with E-state index in [1.54, 1.807) is 14.0 Å². The Morgan fingerprint density at radius 2 is 2.06 bits per heavy atom. The summed E-state index contributed by atoms with van der Waals surface area (Å²) in [6.07, 6.45) is 2.55. The second kappa shape index (κ2) is 6.94. The summed E-state index contributed by atoms with van der Waals surface area (Å²) in [6, 6.07) is 5.63. The largest absolute Gasteiger partial charge is 0.493 e. The molecular weight excluding hydrogens is 216 g/mol. The predicted molar refractivity (Wildman–Crippen MR) is 67.8 cm³/mol. The number of hydrogen-bond acceptors (Lipinski definition) is 3. The Bertz CT molecular complexity index is 372. The smallest absolute Gasteiger partial charge is 0.161 e. The zero-order valence-corrected chi connectivity index (χ0v) is 10.8. The van der Waals surface area contributed by atoms with Gasteiger partial charge < -0.3 is 9.47 Å². The summed E-state index contributed by atoms with van der Waals surface area (Å²) in [6.45, 7) is 4.38. The maximum Gasteiger partial charge on any atom is 0.161 e. The van der Waals surface area contributed by atoms with Crippen LogP contribution in [0.15, 0.2) is 18.2 Å². The van der Waals surface area contributed by atoms with Crippen molar-refractivity contribution in [3.05, 3.63) is 23.8 Å². The van der Waals surface area contributed by atoms with Crippen LogP contribution in [0.4, 0.5) is 0 Å². The highest BCUT2D eigenvalue weighted by molar-refractivity contribution is 5.78. The number of unbranched alkanes of at least 4 members (excludes halogenated alkanes) is 1. The summed E-state index contributed by atoms with van der Waals surface area (Å²) in [5.74, 6) is 1.59. The summed E-state index contributed by atoms with van der Waals surface area (Å²) < 4.78 is 10.9. The van der Waals surface area contributed by atoms with Crippen LogP contribution in [0.3, 0.4) is 0 Å². The fourth-order valence-corrected chi connectivity index (χ4v) is 1.56. The number of carbonyl (C=O) groups is 1. The van der Waals surface area contributed by atoms with Crippen molar-refractivity contribution in [2.75, 3.05) is 13.7 Å². The molecule has 1 rings (SSSR count). The van der Waals surface area contributed by atoms with Gasteiger partial charge in [0, 0.05) is 6.42 Å². The quantitative estimate of drug-likeness (QED) is 0.683. The lowest BCUT2D eigenvalue weighted by atomic mass is 10.1. The number of carbonyl (C=O) groups excluding carboxylic acids is 1. The van der Waals surface area contributed by atoms with Gasteiger partial charge in [0.2, 0.25) is 0 Å². The molecule has 0 bridgehead atoms. The standard InChI is InChI=1S/C14H20O3/c1-4-5-8-17-14-10-12(9-11(2)15)6-7-13(14)16-3/h6-7,10H,4-5,8-9H2,1-3H3. The molecule has 94 valence electrons. The lowest BCUT2D eigenvalue weighted by Gasteiger charge is -2.11. The summed E-state index contributed by atoms with van der Waals surface area (Å²) in [5.41, 5.74) is 0.963. The van der Waals surface area contributed by atoms with Gasteiger partial charge in [0.05, 0.1) is 13.7 Å². The van der Waals surface area contributed by atoms with Gasteiger partial charge in [-0.05, 0) is 31.0 Å². The Morgan fingerprint density at radius 3 is 2.65 bits per heavy atom. The number of benzene rings is 1. The first-order chi connectivity index (χ1) is 8.17. The van der Waals surface area contributed by atoms with E-state index in [4.69, 9.17) is 9.47 Å². The van der Waals surface area contributed by atoms with E-state index >= 15 is 0 Å². The first kappa shape index (κ1) is 13.6. The molecule has 0 heterocycles. The van der Waals surface area contributed by atoms with E-state index in [9.17, 15) is 4.79 Å². The Hall–Kier alpha value is -1.51. The van der Waals surface area contributed by atoms with Gasteiger partial charge >= 0.3 is 0 Å². The molecule has 0 amide bonds. The molecule has 0 aromatic heterocycles. The molecule has 17 heavy (non-hydrogen) atoms. The van der Waals surface area contributed by atoms with Gasteiger partial charge in [-0.2, -0.15) is 0 Å². The average Bonchev–Trinajstić information content (AvgIpc) is 2.29. The Morgan fingerprint density at radius 1 is 1.29 bits per heavy atom. The van der Waals surface area contributed by atoms with Crippen molar-refractivity contribution in [3.8, 4) is 11.5 Å². The number of ether oxygens (including phenoxy) is 2. The molecular formula is C14H20O3. The molecule has 0 saturated heterocycles. The third-order valence-electron chi connectivity index (χ3n) is 2.44. The second-order valence-corrected chi connectivity index (χ2v) is 4.07. The Kier molecular flexibility index (Phi) is 5.53. The third kappa shape index (κ3) is 4.47. The van der Waals surface area contributed by atoms with Gasteiger partial charge in [0.1, 0.15) is 5.78 Å². The van der Waals surface area contributed by atoms with Crippen molar-refractivity contribution < 1.29 is 14.3 Å². The summed E-state index contributed by atoms with van der Waals surface area (Å²) >= 11 is 0. The molecule has 0 atom stereocenters. The Balaban J connectivity index is 2.78. The molecule has 3 heteroatoms. The maximum absolute atomic E-state index is 11.1. The van der Waals surface area contributed by atoms with Crippen LogP contribution in [0, 0.1) is 0 Å². The minimum absolute atomic E-state index is 0.148. The van der Waals surface area contributed by atoms with Crippen molar-refractivity contribution >= 4 is 5.78 Å². The van der Waals surface area contributed by atoms with Gasteiger partial charge in [-0.3, -0.25) is 4.79 Å². The SMILES string of the molecule is CCCCOc1cc(CC(C)=O)ccc1OC. The van der Waals surface area contributed by atoms with E-state index in [0.717, 1.165) is 24.2 Å². The highest BCUT2D eigenvalue weighted by Gasteiger charge is 2.06. The normalized spacial score (nSPS) is 10.1. The van der Waals surface area contributed by atoms with Gasteiger partial charge in [-0.15, -0.1) is 0 Å². The van der Waals surface area contributed by atoms with Gasteiger partial charge in [-0.1, -0.05) is 19.4 Å². The third-order valence-corrected chi connectivity index (χ3v) is 2.44. The average molecular weight is 236 g/mol. The molecule has 0 fully saturated rings. The molecule has 3 nitrogen and oxygen atoms in total. The molecule has 0 aliphatic carbocycles. The molecule has 0 spiro atoms.